The van der Waals surface area contributed by atoms with Crippen molar-refractivity contribution in [2.45, 2.75) is 44.9 Å². The van der Waals surface area contributed by atoms with Gasteiger partial charge in [-0.25, -0.2) is 4.68 Å². The summed E-state index contributed by atoms with van der Waals surface area (Å²) >= 11 is 0. The van der Waals surface area contributed by atoms with Crippen LogP contribution in [0.15, 0.2) is 35.1 Å². The van der Waals surface area contributed by atoms with E-state index in [-0.39, 0.29) is 16.4 Å². The van der Waals surface area contributed by atoms with Crippen LogP contribution < -0.4 is 5.56 Å². The first kappa shape index (κ1) is 12.9. The molecule has 1 aromatic carbocycles. The Balaban J connectivity index is 2.04. The molecule has 3 nitrogen and oxygen atoms in total. The maximum atomic E-state index is 13.0. The summed E-state index contributed by atoms with van der Waals surface area (Å²) in [6.45, 7) is 7.00. The van der Waals surface area contributed by atoms with Crippen molar-refractivity contribution in [3.05, 3.63) is 51.9 Å². The third-order valence-electron chi connectivity index (χ3n) is 6.40. The van der Waals surface area contributed by atoms with E-state index in [9.17, 15) is 4.79 Å². The molecule has 3 heteroatoms. The number of aromatic nitrogens is 2. The van der Waals surface area contributed by atoms with Crippen LogP contribution in [0.5, 0.6) is 0 Å². The summed E-state index contributed by atoms with van der Waals surface area (Å²) in [5.41, 5.74) is 3.77. The third-order valence-corrected chi connectivity index (χ3v) is 6.40. The summed E-state index contributed by atoms with van der Waals surface area (Å²) in [4.78, 5) is 13.0. The Morgan fingerprint density at radius 1 is 1.14 bits per heavy atom. The fourth-order valence-electron chi connectivity index (χ4n) is 4.88. The first-order valence-corrected chi connectivity index (χ1v) is 7.77. The van der Waals surface area contributed by atoms with Gasteiger partial charge < -0.3 is 0 Å². The van der Waals surface area contributed by atoms with Crippen LogP contribution in [0.25, 0.3) is 5.69 Å². The second-order valence-corrected chi connectivity index (χ2v) is 7.38. The van der Waals surface area contributed by atoms with E-state index < -0.39 is 0 Å². The van der Waals surface area contributed by atoms with Crippen LogP contribution >= 0.6 is 0 Å². The van der Waals surface area contributed by atoms with Gasteiger partial charge in [-0.15, -0.1) is 0 Å². The largest absolute Gasteiger partial charge is 0.284 e. The predicted molar refractivity (Wildman–Crippen MR) is 84.1 cm³/mol. The maximum absolute atomic E-state index is 13.0. The number of hydrogen-bond donors (Lipinski definition) is 0. The summed E-state index contributed by atoms with van der Waals surface area (Å²) in [5, 5.41) is 0. The second-order valence-electron chi connectivity index (χ2n) is 7.38. The quantitative estimate of drug-likeness (QED) is 0.788. The molecule has 0 N–H and O–H groups in total. The molecule has 21 heavy (non-hydrogen) atoms. The molecular formula is C18H22N2O. The van der Waals surface area contributed by atoms with Crippen LogP contribution in [0.2, 0.25) is 0 Å². The van der Waals surface area contributed by atoms with Crippen molar-refractivity contribution in [1.82, 2.24) is 9.36 Å². The highest BCUT2D eigenvalue weighted by atomic mass is 16.1. The minimum Gasteiger partial charge on any atom is -0.284 e. The van der Waals surface area contributed by atoms with Crippen molar-refractivity contribution >= 4 is 0 Å². The van der Waals surface area contributed by atoms with Gasteiger partial charge in [-0.2, -0.15) is 0 Å². The van der Waals surface area contributed by atoms with E-state index in [1.807, 2.05) is 42.1 Å². The highest BCUT2D eigenvalue weighted by molar-refractivity contribution is 5.47. The van der Waals surface area contributed by atoms with Crippen molar-refractivity contribution in [2.75, 3.05) is 0 Å². The van der Waals surface area contributed by atoms with E-state index in [1.54, 1.807) is 0 Å². The Labute approximate surface area is 125 Å². The fourth-order valence-corrected chi connectivity index (χ4v) is 4.88. The number of para-hydroxylation sites is 1. The molecule has 1 fully saturated rings. The number of hydrogen-bond acceptors (Lipinski definition) is 1. The summed E-state index contributed by atoms with van der Waals surface area (Å²) in [6, 6.07) is 9.97. The predicted octanol–water partition coefficient (Wildman–Crippen LogP) is 3.35. The first-order valence-electron chi connectivity index (χ1n) is 7.77. The molecule has 0 aliphatic heterocycles. The van der Waals surface area contributed by atoms with Crippen LogP contribution in [0.3, 0.4) is 0 Å². The Morgan fingerprint density at radius 2 is 1.81 bits per heavy atom. The van der Waals surface area contributed by atoms with Crippen LogP contribution in [-0.2, 0) is 12.5 Å². The monoisotopic (exact) mass is 282 g/mol. The topological polar surface area (TPSA) is 26.9 Å². The first-order chi connectivity index (χ1) is 9.89. The summed E-state index contributed by atoms with van der Waals surface area (Å²) in [5.74, 6) is 0.404. The minimum absolute atomic E-state index is 0.112. The molecule has 2 bridgehead atoms. The van der Waals surface area contributed by atoms with Crippen molar-refractivity contribution in [2.24, 2.45) is 12.5 Å². The molecule has 0 amide bonds. The van der Waals surface area contributed by atoms with Gasteiger partial charge in [0, 0.05) is 18.0 Å². The molecule has 0 radical (unpaired) electrons. The van der Waals surface area contributed by atoms with Crippen molar-refractivity contribution in [3.8, 4) is 5.69 Å². The molecular weight excluding hydrogens is 260 g/mol. The lowest BCUT2D eigenvalue weighted by Crippen LogP contribution is -2.35. The van der Waals surface area contributed by atoms with Crippen LogP contribution in [0.1, 0.15) is 50.8 Å². The zero-order valence-corrected chi connectivity index (χ0v) is 13.2. The minimum atomic E-state index is 0.112. The van der Waals surface area contributed by atoms with Gasteiger partial charge >= 0.3 is 0 Å². The molecule has 1 heterocycles. The van der Waals surface area contributed by atoms with E-state index in [2.05, 4.69) is 25.5 Å². The Bertz CT molecular complexity index is 782. The molecule has 110 valence electrons. The number of benzene rings is 1. The van der Waals surface area contributed by atoms with Crippen LogP contribution in [-0.4, -0.2) is 9.36 Å². The molecule has 0 spiro atoms. The maximum Gasteiger partial charge on any atom is 0.275 e. The van der Waals surface area contributed by atoms with E-state index in [0.29, 0.717) is 5.92 Å². The van der Waals surface area contributed by atoms with Gasteiger partial charge in [-0.1, -0.05) is 39.0 Å². The summed E-state index contributed by atoms with van der Waals surface area (Å²) in [7, 11) is 2.04. The van der Waals surface area contributed by atoms with Crippen molar-refractivity contribution in [1.29, 1.82) is 0 Å². The van der Waals surface area contributed by atoms with E-state index >= 15 is 0 Å². The normalized spacial score (nSPS) is 28.9. The Kier molecular flexibility index (Phi) is 2.28. The van der Waals surface area contributed by atoms with Gasteiger partial charge in [0.15, 0.2) is 0 Å². The van der Waals surface area contributed by atoms with Crippen molar-refractivity contribution < 1.29 is 0 Å². The molecule has 1 saturated carbocycles. The van der Waals surface area contributed by atoms with Crippen molar-refractivity contribution in [3.63, 3.8) is 0 Å². The number of rotatable bonds is 1. The Hall–Kier alpha value is -1.77. The smallest absolute Gasteiger partial charge is 0.275 e. The molecule has 2 atom stereocenters. The summed E-state index contributed by atoms with van der Waals surface area (Å²) in [6.07, 6.45) is 2.33. The molecule has 4 rings (SSSR count). The molecule has 2 aliphatic carbocycles. The van der Waals surface area contributed by atoms with Gasteiger partial charge in [-0.3, -0.25) is 9.48 Å². The average Bonchev–Trinajstić information content (AvgIpc) is 2.92. The third kappa shape index (κ3) is 1.28. The van der Waals surface area contributed by atoms with Crippen LogP contribution in [0, 0.1) is 5.41 Å². The molecule has 2 aliphatic rings. The van der Waals surface area contributed by atoms with Gasteiger partial charge in [0.25, 0.3) is 5.56 Å². The molecule has 2 unspecified atom stereocenters. The lowest BCUT2D eigenvalue weighted by molar-refractivity contribution is 0.218. The van der Waals surface area contributed by atoms with Gasteiger partial charge in [-0.05, 0) is 36.3 Å². The van der Waals surface area contributed by atoms with Gasteiger partial charge in [0.2, 0.25) is 0 Å². The molecule has 2 aromatic rings. The van der Waals surface area contributed by atoms with Gasteiger partial charge in [0.1, 0.15) is 0 Å². The summed E-state index contributed by atoms with van der Waals surface area (Å²) < 4.78 is 3.95. The van der Waals surface area contributed by atoms with E-state index in [0.717, 1.165) is 17.7 Å². The van der Waals surface area contributed by atoms with Crippen LogP contribution in [0.4, 0.5) is 0 Å². The van der Waals surface area contributed by atoms with E-state index in [1.165, 1.54) is 12.1 Å². The zero-order chi connectivity index (χ0) is 15.0. The van der Waals surface area contributed by atoms with E-state index in [4.69, 9.17) is 0 Å². The molecule has 0 saturated heterocycles. The highest BCUT2D eigenvalue weighted by Crippen LogP contribution is 2.66. The zero-order valence-electron chi connectivity index (χ0n) is 13.2. The second kappa shape index (κ2) is 3.70. The SMILES string of the molecule is Cn1c2c(c(=O)n1-c1ccccc1)C1CCC2(C)C1(C)C. The standard InChI is InChI=1S/C18H22N2O/c1-17(2)13-10-11-18(17,3)15-14(13)16(21)20(19(15)4)12-8-6-5-7-9-12/h5-9,13H,10-11H2,1-4H3. The lowest BCUT2D eigenvalue weighted by atomic mass is 9.70. The average molecular weight is 282 g/mol. The van der Waals surface area contributed by atoms with Gasteiger partial charge in [0.05, 0.1) is 11.4 Å². The fraction of sp³-hybridized carbons (Fsp3) is 0.500. The number of fused-ring (bicyclic) bond motifs is 5. The highest BCUT2D eigenvalue weighted by Gasteiger charge is 2.62. The number of nitrogens with zero attached hydrogens (tertiary/aromatic N) is 2. The molecule has 1 aromatic heterocycles. The Morgan fingerprint density at radius 3 is 2.43 bits per heavy atom. The lowest BCUT2D eigenvalue weighted by Gasteiger charge is -2.36.